The predicted molar refractivity (Wildman–Crippen MR) is 78.6 cm³/mol. The van der Waals surface area contributed by atoms with Gasteiger partial charge in [-0.25, -0.2) is 0 Å². The zero-order chi connectivity index (χ0) is 13.1. The average molecular weight is 344 g/mol. The average Bonchev–Trinajstić information content (AvgIpc) is 2.35. The van der Waals surface area contributed by atoms with Gasteiger partial charge in [0, 0.05) is 16.5 Å². The van der Waals surface area contributed by atoms with E-state index in [2.05, 4.69) is 15.9 Å². The Balaban J connectivity index is 2.22. The van der Waals surface area contributed by atoms with Crippen molar-refractivity contribution in [2.24, 2.45) is 0 Å². The number of hydrogen-bond acceptors (Lipinski definition) is 1. The van der Waals surface area contributed by atoms with Crippen LogP contribution in [-0.2, 0) is 6.42 Å². The number of carbonyl (C=O) groups excluding carboxylic acids is 1. The van der Waals surface area contributed by atoms with Crippen LogP contribution in [0.1, 0.15) is 15.9 Å². The summed E-state index contributed by atoms with van der Waals surface area (Å²) >= 11 is 15.3. The molecule has 2 aromatic rings. The topological polar surface area (TPSA) is 17.1 Å². The van der Waals surface area contributed by atoms with Gasteiger partial charge in [0.1, 0.15) is 0 Å². The largest absolute Gasteiger partial charge is 0.294 e. The van der Waals surface area contributed by atoms with E-state index in [1.807, 2.05) is 24.3 Å². The van der Waals surface area contributed by atoms with Crippen molar-refractivity contribution in [3.8, 4) is 0 Å². The molecule has 0 bridgehead atoms. The molecule has 92 valence electrons. The summed E-state index contributed by atoms with van der Waals surface area (Å²) in [5, 5.41) is 0.722. The fourth-order valence-electron chi connectivity index (χ4n) is 1.60. The van der Waals surface area contributed by atoms with Gasteiger partial charge in [-0.05, 0) is 29.8 Å². The van der Waals surface area contributed by atoms with Gasteiger partial charge in [0.25, 0.3) is 0 Å². The molecule has 4 heteroatoms. The van der Waals surface area contributed by atoms with Crippen molar-refractivity contribution >= 4 is 44.9 Å². The fourth-order valence-corrected chi connectivity index (χ4v) is 2.27. The monoisotopic (exact) mass is 342 g/mol. The van der Waals surface area contributed by atoms with E-state index in [4.69, 9.17) is 23.2 Å². The minimum Gasteiger partial charge on any atom is -0.294 e. The van der Waals surface area contributed by atoms with Gasteiger partial charge in [-0.15, -0.1) is 0 Å². The van der Waals surface area contributed by atoms with Crippen LogP contribution in [0.4, 0.5) is 0 Å². The van der Waals surface area contributed by atoms with Crippen LogP contribution in [0.3, 0.4) is 0 Å². The molecular weight excluding hydrogens is 335 g/mol. The third kappa shape index (κ3) is 3.14. The first-order valence-corrected chi connectivity index (χ1v) is 6.84. The maximum absolute atomic E-state index is 12.1. The van der Waals surface area contributed by atoms with Crippen molar-refractivity contribution in [3.05, 3.63) is 68.1 Å². The lowest BCUT2D eigenvalue weighted by Gasteiger charge is -2.05. The highest BCUT2D eigenvalue weighted by molar-refractivity contribution is 9.10. The number of carbonyl (C=O) groups is 1. The van der Waals surface area contributed by atoms with Crippen LogP contribution in [0.15, 0.2) is 46.9 Å². The second-order valence-electron chi connectivity index (χ2n) is 3.83. The van der Waals surface area contributed by atoms with E-state index in [0.717, 1.165) is 10.0 Å². The maximum Gasteiger partial charge on any atom is 0.168 e. The van der Waals surface area contributed by atoms with E-state index in [-0.39, 0.29) is 5.78 Å². The Morgan fingerprint density at radius 1 is 1.06 bits per heavy atom. The summed E-state index contributed by atoms with van der Waals surface area (Å²) in [4.78, 5) is 12.1. The van der Waals surface area contributed by atoms with E-state index in [9.17, 15) is 4.79 Å². The molecule has 18 heavy (non-hydrogen) atoms. The van der Waals surface area contributed by atoms with E-state index < -0.39 is 0 Å². The molecule has 0 N–H and O–H groups in total. The standard InChI is InChI=1S/C14H9BrCl2O/c15-10-6-4-9(5-7-10)8-13(18)11-2-1-3-12(16)14(11)17/h1-7H,8H2. The predicted octanol–water partition coefficient (Wildman–Crippen LogP) is 5.18. The van der Waals surface area contributed by atoms with Gasteiger partial charge < -0.3 is 0 Å². The Morgan fingerprint density at radius 2 is 1.72 bits per heavy atom. The van der Waals surface area contributed by atoms with Crippen LogP contribution in [0.25, 0.3) is 0 Å². The molecule has 0 heterocycles. The first-order chi connectivity index (χ1) is 8.58. The second-order valence-corrected chi connectivity index (χ2v) is 5.53. The highest BCUT2D eigenvalue weighted by atomic mass is 79.9. The van der Waals surface area contributed by atoms with Crippen molar-refractivity contribution in [2.45, 2.75) is 6.42 Å². The summed E-state index contributed by atoms with van der Waals surface area (Å²) in [5.41, 5.74) is 1.41. The summed E-state index contributed by atoms with van der Waals surface area (Å²) in [6.45, 7) is 0. The molecule has 0 aromatic heterocycles. The highest BCUT2D eigenvalue weighted by Crippen LogP contribution is 2.26. The van der Waals surface area contributed by atoms with E-state index >= 15 is 0 Å². The Bertz CT molecular complexity index is 579. The third-order valence-corrected chi connectivity index (χ3v) is 3.88. The summed E-state index contributed by atoms with van der Waals surface area (Å²) in [6, 6.07) is 12.7. The molecule has 0 atom stereocenters. The highest BCUT2D eigenvalue weighted by Gasteiger charge is 2.12. The summed E-state index contributed by atoms with van der Waals surface area (Å²) in [6.07, 6.45) is 0.313. The summed E-state index contributed by atoms with van der Waals surface area (Å²) in [7, 11) is 0. The van der Waals surface area contributed by atoms with E-state index in [1.54, 1.807) is 18.2 Å². The molecule has 0 saturated heterocycles. The molecule has 0 fully saturated rings. The van der Waals surface area contributed by atoms with E-state index in [0.29, 0.717) is 22.0 Å². The van der Waals surface area contributed by atoms with Gasteiger partial charge in [-0.3, -0.25) is 4.79 Å². The van der Waals surface area contributed by atoms with Crippen molar-refractivity contribution in [3.63, 3.8) is 0 Å². The SMILES string of the molecule is O=C(Cc1ccc(Br)cc1)c1cccc(Cl)c1Cl. The molecule has 0 spiro atoms. The van der Waals surface area contributed by atoms with Crippen molar-refractivity contribution in [1.82, 2.24) is 0 Å². The Morgan fingerprint density at radius 3 is 2.39 bits per heavy atom. The van der Waals surface area contributed by atoms with Crippen molar-refractivity contribution in [1.29, 1.82) is 0 Å². The molecule has 2 aromatic carbocycles. The lowest BCUT2D eigenvalue weighted by Crippen LogP contribution is -2.04. The first kappa shape index (κ1) is 13.6. The van der Waals surface area contributed by atoms with Gasteiger partial charge in [0.05, 0.1) is 10.0 Å². The maximum atomic E-state index is 12.1. The zero-order valence-corrected chi connectivity index (χ0v) is 12.4. The lowest BCUT2D eigenvalue weighted by molar-refractivity contribution is 0.0993. The normalized spacial score (nSPS) is 10.4. The number of hydrogen-bond donors (Lipinski definition) is 0. The summed E-state index contributed by atoms with van der Waals surface area (Å²) < 4.78 is 0.986. The molecule has 0 radical (unpaired) electrons. The number of benzene rings is 2. The van der Waals surface area contributed by atoms with Crippen LogP contribution >= 0.6 is 39.1 Å². The molecule has 0 saturated carbocycles. The molecule has 2 rings (SSSR count). The van der Waals surface area contributed by atoms with Gasteiger partial charge >= 0.3 is 0 Å². The minimum absolute atomic E-state index is 0.0372. The fraction of sp³-hybridized carbons (Fsp3) is 0.0714. The number of Topliss-reactive ketones (excluding diaryl/α,β-unsaturated/α-hetero) is 1. The van der Waals surface area contributed by atoms with Gasteiger partial charge in [0.2, 0.25) is 0 Å². The van der Waals surface area contributed by atoms with E-state index in [1.165, 1.54) is 0 Å². The third-order valence-electron chi connectivity index (χ3n) is 2.53. The number of ketones is 1. The Hall–Kier alpha value is -0.830. The molecule has 0 unspecified atom stereocenters. The van der Waals surface area contributed by atoms with Crippen LogP contribution in [-0.4, -0.2) is 5.78 Å². The van der Waals surface area contributed by atoms with Crippen molar-refractivity contribution in [2.75, 3.05) is 0 Å². The second kappa shape index (κ2) is 5.87. The quantitative estimate of drug-likeness (QED) is 0.701. The van der Waals surface area contributed by atoms with Crippen LogP contribution < -0.4 is 0 Å². The number of halogens is 3. The Kier molecular flexibility index (Phi) is 4.44. The lowest BCUT2D eigenvalue weighted by atomic mass is 10.0. The molecular formula is C14H9BrCl2O. The van der Waals surface area contributed by atoms with Crippen LogP contribution in [0, 0.1) is 0 Å². The van der Waals surface area contributed by atoms with Crippen LogP contribution in [0.2, 0.25) is 10.0 Å². The van der Waals surface area contributed by atoms with Gasteiger partial charge in [-0.2, -0.15) is 0 Å². The van der Waals surface area contributed by atoms with Crippen LogP contribution in [0.5, 0.6) is 0 Å². The molecule has 0 aliphatic carbocycles. The van der Waals surface area contributed by atoms with Gasteiger partial charge in [0.15, 0.2) is 5.78 Å². The van der Waals surface area contributed by atoms with Gasteiger partial charge in [-0.1, -0.05) is 57.3 Å². The summed E-state index contributed by atoms with van der Waals surface area (Å²) in [5.74, 6) is -0.0372. The minimum atomic E-state index is -0.0372. The zero-order valence-electron chi connectivity index (χ0n) is 9.29. The van der Waals surface area contributed by atoms with Crippen molar-refractivity contribution < 1.29 is 4.79 Å². The number of rotatable bonds is 3. The molecule has 0 amide bonds. The molecule has 1 nitrogen and oxygen atoms in total. The smallest absolute Gasteiger partial charge is 0.168 e. The Labute approximate surface area is 124 Å². The molecule has 0 aliphatic rings. The molecule has 0 aliphatic heterocycles. The first-order valence-electron chi connectivity index (χ1n) is 5.29.